The van der Waals surface area contributed by atoms with Gasteiger partial charge in [0.05, 0.1) is 11.8 Å². The number of anilines is 2. The van der Waals surface area contributed by atoms with Crippen molar-refractivity contribution in [2.45, 2.75) is 0 Å². The zero-order chi connectivity index (χ0) is 13.9. The lowest BCUT2D eigenvalue weighted by Gasteiger charge is -2.01. The third kappa shape index (κ3) is 2.19. The van der Waals surface area contributed by atoms with Crippen LogP contribution >= 0.6 is 0 Å². The first kappa shape index (κ1) is 11.8. The Kier molecular flexibility index (Phi) is 2.84. The zero-order valence-electron chi connectivity index (χ0n) is 10.1. The number of hydrogen-bond acceptors (Lipinski definition) is 7. The summed E-state index contributed by atoms with van der Waals surface area (Å²) in [5, 5.41) is 9.02. The first-order valence-corrected chi connectivity index (χ1v) is 5.57. The number of nitrogens with zero attached hydrogens (tertiary/aromatic N) is 4. The Morgan fingerprint density at radius 2 is 2.20 bits per heavy atom. The Morgan fingerprint density at radius 1 is 1.35 bits per heavy atom. The van der Waals surface area contributed by atoms with Gasteiger partial charge in [0.1, 0.15) is 6.26 Å². The third-order valence-corrected chi connectivity index (χ3v) is 2.45. The molecular weight excluding hydrogens is 262 g/mol. The molecule has 0 unspecified atom stereocenters. The molecule has 3 heterocycles. The number of amides is 1. The van der Waals surface area contributed by atoms with E-state index in [-0.39, 0.29) is 17.5 Å². The van der Waals surface area contributed by atoms with E-state index in [0.29, 0.717) is 5.82 Å². The van der Waals surface area contributed by atoms with Crippen LogP contribution in [-0.2, 0) is 0 Å². The molecule has 1 amide bonds. The average molecular weight is 271 g/mol. The van der Waals surface area contributed by atoms with Gasteiger partial charge in [-0.05, 0) is 6.07 Å². The first-order chi connectivity index (χ1) is 9.74. The second-order valence-electron chi connectivity index (χ2n) is 3.76. The summed E-state index contributed by atoms with van der Waals surface area (Å²) in [6.07, 6.45) is 5.79. The number of carbonyl (C=O) groups is 1. The minimum atomic E-state index is -0.534. The van der Waals surface area contributed by atoms with E-state index in [1.54, 1.807) is 6.07 Å². The van der Waals surface area contributed by atoms with Gasteiger partial charge in [-0.3, -0.25) is 15.2 Å². The molecule has 0 atom stereocenters. The van der Waals surface area contributed by atoms with Gasteiger partial charge in [-0.1, -0.05) is 0 Å². The lowest BCUT2D eigenvalue weighted by molar-refractivity contribution is 0.102. The SMILES string of the molecule is Nc1nccnc1C(=O)Nc1n[nH]c(-c2ccoc2)n1. The molecule has 3 rings (SSSR count). The molecule has 0 fully saturated rings. The Balaban J connectivity index is 1.79. The highest BCUT2D eigenvalue weighted by molar-refractivity contribution is 6.04. The van der Waals surface area contributed by atoms with Gasteiger partial charge < -0.3 is 10.2 Å². The lowest BCUT2D eigenvalue weighted by atomic mass is 10.3. The molecule has 0 radical (unpaired) electrons. The molecular formula is C11H9N7O2. The van der Waals surface area contributed by atoms with Crippen molar-refractivity contribution in [1.29, 1.82) is 0 Å². The van der Waals surface area contributed by atoms with Crippen LogP contribution < -0.4 is 11.1 Å². The van der Waals surface area contributed by atoms with E-state index in [4.69, 9.17) is 10.2 Å². The molecule has 100 valence electrons. The first-order valence-electron chi connectivity index (χ1n) is 5.57. The summed E-state index contributed by atoms with van der Waals surface area (Å²) < 4.78 is 4.93. The third-order valence-electron chi connectivity index (χ3n) is 2.45. The highest BCUT2D eigenvalue weighted by Crippen LogP contribution is 2.16. The summed E-state index contributed by atoms with van der Waals surface area (Å²) in [5.74, 6) is 0.0846. The van der Waals surface area contributed by atoms with Crippen molar-refractivity contribution >= 4 is 17.7 Å². The molecule has 3 aromatic heterocycles. The minimum absolute atomic E-state index is 0.0159. The lowest BCUT2D eigenvalue weighted by Crippen LogP contribution is -2.17. The van der Waals surface area contributed by atoms with Gasteiger partial charge in [0.2, 0.25) is 5.95 Å². The van der Waals surface area contributed by atoms with E-state index in [2.05, 4.69) is 30.5 Å². The van der Waals surface area contributed by atoms with E-state index in [1.807, 2.05) is 0 Å². The fraction of sp³-hybridized carbons (Fsp3) is 0. The normalized spacial score (nSPS) is 10.4. The molecule has 0 saturated heterocycles. The van der Waals surface area contributed by atoms with Crippen molar-refractivity contribution in [3.8, 4) is 11.4 Å². The van der Waals surface area contributed by atoms with Gasteiger partial charge in [0.25, 0.3) is 5.91 Å². The molecule has 0 aliphatic heterocycles. The van der Waals surface area contributed by atoms with Crippen molar-refractivity contribution < 1.29 is 9.21 Å². The number of nitrogens with one attached hydrogen (secondary N) is 2. The van der Waals surface area contributed by atoms with Crippen LogP contribution in [0.25, 0.3) is 11.4 Å². The molecule has 9 nitrogen and oxygen atoms in total. The van der Waals surface area contributed by atoms with Crippen LogP contribution in [0, 0.1) is 0 Å². The van der Waals surface area contributed by atoms with Crippen molar-refractivity contribution in [2.75, 3.05) is 11.1 Å². The Hall–Kier alpha value is -3.23. The number of H-pyrrole nitrogens is 1. The molecule has 0 saturated carbocycles. The maximum atomic E-state index is 11.9. The van der Waals surface area contributed by atoms with Crippen LogP contribution in [0.2, 0.25) is 0 Å². The van der Waals surface area contributed by atoms with Crippen molar-refractivity contribution in [1.82, 2.24) is 25.1 Å². The van der Waals surface area contributed by atoms with Gasteiger partial charge in [-0.2, -0.15) is 4.98 Å². The Morgan fingerprint density at radius 3 is 2.95 bits per heavy atom. The predicted molar refractivity (Wildman–Crippen MR) is 68.5 cm³/mol. The summed E-state index contributed by atoms with van der Waals surface area (Å²) in [6, 6.07) is 1.72. The average Bonchev–Trinajstić information content (AvgIpc) is 3.09. The van der Waals surface area contributed by atoms with Gasteiger partial charge in [0, 0.05) is 12.4 Å². The van der Waals surface area contributed by atoms with E-state index in [9.17, 15) is 4.79 Å². The molecule has 0 aromatic carbocycles. The van der Waals surface area contributed by atoms with Gasteiger partial charge in [-0.25, -0.2) is 9.97 Å². The summed E-state index contributed by atoms with van der Waals surface area (Å²) in [7, 11) is 0. The molecule has 0 aliphatic rings. The van der Waals surface area contributed by atoms with E-state index >= 15 is 0 Å². The molecule has 20 heavy (non-hydrogen) atoms. The standard InChI is InChI=1S/C11H9N7O2/c12-8-7(13-2-3-14-8)10(19)16-11-15-9(17-18-11)6-1-4-20-5-6/h1-5H,(H2,12,14)(H2,15,16,17,18,19). The van der Waals surface area contributed by atoms with Crippen molar-refractivity contribution in [3.05, 3.63) is 36.7 Å². The topological polar surface area (TPSA) is 136 Å². The molecule has 9 heteroatoms. The van der Waals surface area contributed by atoms with E-state index < -0.39 is 5.91 Å². The van der Waals surface area contributed by atoms with Crippen molar-refractivity contribution in [3.63, 3.8) is 0 Å². The maximum absolute atomic E-state index is 11.9. The Labute approximate surface area is 112 Å². The predicted octanol–water partition coefficient (Wildman–Crippen LogP) is 0.689. The quantitative estimate of drug-likeness (QED) is 0.637. The number of aromatic nitrogens is 5. The zero-order valence-corrected chi connectivity index (χ0v) is 10.1. The van der Waals surface area contributed by atoms with Crippen LogP contribution in [0.4, 0.5) is 11.8 Å². The molecule has 4 N–H and O–H groups in total. The molecule has 0 aliphatic carbocycles. The second-order valence-corrected chi connectivity index (χ2v) is 3.76. The number of aromatic amines is 1. The van der Waals surface area contributed by atoms with E-state index in [1.165, 1.54) is 24.9 Å². The van der Waals surface area contributed by atoms with Crippen LogP contribution in [0.5, 0.6) is 0 Å². The highest BCUT2D eigenvalue weighted by Gasteiger charge is 2.15. The highest BCUT2D eigenvalue weighted by atomic mass is 16.3. The fourth-order valence-electron chi connectivity index (χ4n) is 1.53. The van der Waals surface area contributed by atoms with Crippen LogP contribution in [-0.4, -0.2) is 31.1 Å². The number of hydrogen-bond donors (Lipinski definition) is 3. The maximum Gasteiger partial charge on any atom is 0.280 e. The van der Waals surface area contributed by atoms with Gasteiger partial charge in [-0.15, -0.1) is 5.10 Å². The smallest absolute Gasteiger partial charge is 0.280 e. The fourth-order valence-corrected chi connectivity index (χ4v) is 1.53. The number of nitrogen functional groups attached to an aromatic ring is 1. The number of furan rings is 1. The minimum Gasteiger partial charge on any atom is -0.472 e. The molecule has 0 bridgehead atoms. The number of nitrogens with two attached hydrogens (primary N) is 1. The van der Waals surface area contributed by atoms with Gasteiger partial charge >= 0.3 is 0 Å². The summed E-state index contributed by atoms with van der Waals surface area (Å²) in [4.78, 5) is 23.7. The number of rotatable bonds is 3. The van der Waals surface area contributed by atoms with Crippen LogP contribution in [0.1, 0.15) is 10.5 Å². The summed E-state index contributed by atoms with van der Waals surface area (Å²) in [6.45, 7) is 0. The number of carbonyl (C=O) groups excluding carboxylic acids is 1. The van der Waals surface area contributed by atoms with Gasteiger partial charge in [0.15, 0.2) is 17.3 Å². The van der Waals surface area contributed by atoms with Crippen molar-refractivity contribution in [2.24, 2.45) is 0 Å². The largest absolute Gasteiger partial charge is 0.472 e. The summed E-state index contributed by atoms with van der Waals surface area (Å²) in [5.41, 5.74) is 6.30. The van der Waals surface area contributed by atoms with E-state index in [0.717, 1.165) is 5.56 Å². The Bertz CT molecular complexity index is 735. The molecule has 0 spiro atoms. The molecule has 3 aromatic rings. The monoisotopic (exact) mass is 271 g/mol. The summed E-state index contributed by atoms with van der Waals surface area (Å²) >= 11 is 0. The van der Waals surface area contributed by atoms with Crippen LogP contribution in [0.3, 0.4) is 0 Å². The van der Waals surface area contributed by atoms with Crippen LogP contribution in [0.15, 0.2) is 35.4 Å². The second kappa shape index (κ2) is 4.80.